The summed E-state index contributed by atoms with van der Waals surface area (Å²) >= 11 is 6.51. The number of nitrogens with zero attached hydrogens (tertiary/aromatic N) is 1. The number of halogens is 1. The van der Waals surface area contributed by atoms with Gasteiger partial charge < -0.3 is 14.4 Å². The zero-order chi connectivity index (χ0) is 17.1. The van der Waals surface area contributed by atoms with Crippen LogP contribution in [0.4, 0.5) is 0 Å². The summed E-state index contributed by atoms with van der Waals surface area (Å²) in [7, 11) is 6.00. The first kappa shape index (κ1) is 18.4. The van der Waals surface area contributed by atoms with E-state index in [9.17, 15) is 0 Å². The van der Waals surface area contributed by atoms with Crippen molar-refractivity contribution in [2.75, 3.05) is 21.2 Å². The van der Waals surface area contributed by atoms with Crippen molar-refractivity contribution in [3.05, 3.63) is 22.2 Å². The minimum absolute atomic E-state index is 0.224. The van der Waals surface area contributed by atoms with Crippen LogP contribution in [0.5, 0.6) is 11.5 Å². The second-order valence-corrected chi connectivity index (χ2v) is 7.51. The van der Waals surface area contributed by atoms with E-state index in [1.807, 2.05) is 6.07 Å². The van der Waals surface area contributed by atoms with Crippen LogP contribution in [0.2, 0.25) is 5.02 Å². The van der Waals surface area contributed by atoms with E-state index in [2.05, 4.69) is 39.8 Å². The van der Waals surface area contributed by atoms with Crippen LogP contribution in [0.25, 0.3) is 0 Å². The van der Waals surface area contributed by atoms with Gasteiger partial charge in [0.1, 0.15) is 0 Å². The van der Waals surface area contributed by atoms with Gasteiger partial charge in [-0.25, -0.2) is 0 Å². The van der Waals surface area contributed by atoms with E-state index in [0.717, 1.165) is 24.2 Å². The van der Waals surface area contributed by atoms with E-state index in [4.69, 9.17) is 21.1 Å². The summed E-state index contributed by atoms with van der Waals surface area (Å²) in [6.45, 7) is 6.42. The highest BCUT2D eigenvalue weighted by Crippen LogP contribution is 2.43. The second kappa shape index (κ2) is 7.76. The maximum absolute atomic E-state index is 6.51. The molecule has 0 aliphatic heterocycles. The van der Waals surface area contributed by atoms with Crippen molar-refractivity contribution in [3.8, 4) is 11.5 Å². The summed E-state index contributed by atoms with van der Waals surface area (Å²) < 4.78 is 11.9. The van der Waals surface area contributed by atoms with E-state index in [1.165, 1.54) is 18.4 Å². The summed E-state index contributed by atoms with van der Waals surface area (Å²) in [6.07, 6.45) is 4.68. The lowest BCUT2D eigenvalue weighted by Crippen LogP contribution is -2.35. The predicted molar refractivity (Wildman–Crippen MR) is 97.2 cm³/mol. The van der Waals surface area contributed by atoms with Crippen LogP contribution in [0.1, 0.15) is 56.6 Å². The fraction of sp³-hybridized carbons (Fsp3) is 0.684. The predicted octanol–water partition coefficient (Wildman–Crippen LogP) is 5.03. The number of ether oxygens (including phenoxy) is 2. The third kappa shape index (κ3) is 4.13. The number of benzene rings is 1. The first-order chi connectivity index (χ1) is 10.8. The zero-order valence-electron chi connectivity index (χ0n) is 15.3. The largest absolute Gasteiger partial charge is 0.493 e. The van der Waals surface area contributed by atoms with Gasteiger partial charge in [0.15, 0.2) is 11.5 Å². The number of rotatable bonds is 5. The molecule has 0 N–H and O–H groups in total. The molecule has 3 nitrogen and oxygen atoms in total. The summed E-state index contributed by atoms with van der Waals surface area (Å²) in [5.74, 6) is 1.91. The van der Waals surface area contributed by atoms with Crippen molar-refractivity contribution in [2.45, 2.75) is 64.5 Å². The highest BCUT2D eigenvalue weighted by atomic mass is 35.5. The quantitative estimate of drug-likeness (QED) is 0.750. The normalized spacial score (nSPS) is 21.8. The Bertz CT molecular complexity index is 535. The molecule has 1 aromatic rings. The van der Waals surface area contributed by atoms with E-state index < -0.39 is 0 Å². The Balaban J connectivity index is 2.19. The summed E-state index contributed by atoms with van der Waals surface area (Å²) in [5.41, 5.74) is 2.35. The Labute approximate surface area is 145 Å². The highest BCUT2D eigenvalue weighted by molar-refractivity contribution is 6.32. The van der Waals surface area contributed by atoms with Gasteiger partial charge in [-0.05, 0) is 69.8 Å². The molecule has 0 amide bonds. The minimum atomic E-state index is 0.224. The van der Waals surface area contributed by atoms with E-state index in [-0.39, 0.29) is 6.10 Å². The summed E-state index contributed by atoms with van der Waals surface area (Å²) in [6, 6.07) is 2.70. The molecule has 0 radical (unpaired) electrons. The van der Waals surface area contributed by atoms with Crippen LogP contribution in [-0.4, -0.2) is 38.3 Å². The molecule has 1 aromatic carbocycles. The minimum Gasteiger partial charge on any atom is -0.493 e. The van der Waals surface area contributed by atoms with Crippen LogP contribution in [0.15, 0.2) is 6.07 Å². The molecule has 0 unspecified atom stereocenters. The van der Waals surface area contributed by atoms with Crippen molar-refractivity contribution in [1.29, 1.82) is 0 Å². The van der Waals surface area contributed by atoms with Gasteiger partial charge in [-0.1, -0.05) is 25.4 Å². The van der Waals surface area contributed by atoms with Crippen LogP contribution < -0.4 is 9.47 Å². The Kier molecular flexibility index (Phi) is 6.21. The first-order valence-electron chi connectivity index (χ1n) is 8.55. The molecule has 4 heteroatoms. The molecule has 0 saturated heterocycles. The molecule has 1 fully saturated rings. The molecule has 2 rings (SSSR count). The molecule has 0 atom stereocenters. The van der Waals surface area contributed by atoms with Crippen LogP contribution in [0, 0.1) is 6.92 Å². The van der Waals surface area contributed by atoms with E-state index >= 15 is 0 Å². The fourth-order valence-corrected chi connectivity index (χ4v) is 3.77. The molecule has 1 aliphatic rings. The third-order valence-electron chi connectivity index (χ3n) is 4.96. The second-order valence-electron chi connectivity index (χ2n) is 7.10. The maximum Gasteiger partial charge on any atom is 0.180 e. The Morgan fingerprint density at radius 3 is 2.22 bits per heavy atom. The standard InChI is InChI=1S/C19H30ClNO2/c1-12(2)16-11-17(20)19(18(22-6)13(16)3)23-15-9-7-14(8-10-15)21(4)5/h11-12,14-15H,7-10H2,1-6H3. The van der Waals surface area contributed by atoms with Gasteiger partial charge in [-0.2, -0.15) is 0 Å². The van der Waals surface area contributed by atoms with Crippen molar-refractivity contribution in [2.24, 2.45) is 0 Å². The van der Waals surface area contributed by atoms with Crippen molar-refractivity contribution in [1.82, 2.24) is 4.90 Å². The van der Waals surface area contributed by atoms with Gasteiger partial charge in [0.25, 0.3) is 0 Å². The average Bonchev–Trinajstić information content (AvgIpc) is 2.51. The van der Waals surface area contributed by atoms with Crippen LogP contribution >= 0.6 is 11.6 Å². The molecule has 0 aromatic heterocycles. The molecular weight excluding hydrogens is 310 g/mol. The number of hydrogen-bond donors (Lipinski definition) is 0. The Morgan fingerprint density at radius 1 is 1.13 bits per heavy atom. The molecule has 0 heterocycles. The molecule has 1 aliphatic carbocycles. The molecule has 130 valence electrons. The Morgan fingerprint density at radius 2 is 1.74 bits per heavy atom. The average molecular weight is 340 g/mol. The van der Waals surface area contributed by atoms with Gasteiger partial charge in [0.2, 0.25) is 0 Å². The smallest absolute Gasteiger partial charge is 0.180 e. The third-order valence-corrected chi connectivity index (χ3v) is 5.24. The van der Waals surface area contributed by atoms with Crippen molar-refractivity contribution >= 4 is 11.6 Å². The maximum atomic E-state index is 6.51. The van der Waals surface area contributed by atoms with Gasteiger partial charge in [0.05, 0.1) is 18.2 Å². The van der Waals surface area contributed by atoms with Crippen LogP contribution in [0.3, 0.4) is 0 Å². The lowest BCUT2D eigenvalue weighted by Gasteiger charge is -2.33. The topological polar surface area (TPSA) is 21.7 Å². The first-order valence-corrected chi connectivity index (χ1v) is 8.93. The fourth-order valence-electron chi connectivity index (χ4n) is 3.52. The SMILES string of the molecule is COc1c(C)c(C(C)C)cc(Cl)c1OC1CCC(N(C)C)CC1. The summed E-state index contributed by atoms with van der Waals surface area (Å²) in [4.78, 5) is 2.31. The molecular formula is C19H30ClNO2. The Hall–Kier alpha value is -0.930. The lowest BCUT2D eigenvalue weighted by atomic mass is 9.92. The van der Waals surface area contributed by atoms with Gasteiger partial charge >= 0.3 is 0 Å². The zero-order valence-corrected chi connectivity index (χ0v) is 16.0. The monoisotopic (exact) mass is 339 g/mol. The van der Waals surface area contributed by atoms with Crippen LogP contribution in [-0.2, 0) is 0 Å². The van der Waals surface area contributed by atoms with E-state index in [1.54, 1.807) is 7.11 Å². The number of methoxy groups -OCH3 is 1. The van der Waals surface area contributed by atoms with Crippen molar-refractivity contribution < 1.29 is 9.47 Å². The molecule has 1 saturated carbocycles. The van der Waals surface area contributed by atoms with Gasteiger partial charge in [-0.15, -0.1) is 0 Å². The van der Waals surface area contributed by atoms with Gasteiger partial charge in [-0.3, -0.25) is 0 Å². The number of hydrogen-bond acceptors (Lipinski definition) is 3. The highest BCUT2D eigenvalue weighted by Gasteiger charge is 2.26. The van der Waals surface area contributed by atoms with Crippen molar-refractivity contribution in [3.63, 3.8) is 0 Å². The molecule has 23 heavy (non-hydrogen) atoms. The van der Waals surface area contributed by atoms with Gasteiger partial charge in [0, 0.05) is 6.04 Å². The van der Waals surface area contributed by atoms with E-state index in [0.29, 0.717) is 22.7 Å². The lowest BCUT2D eigenvalue weighted by molar-refractivity contribution is 0.108. The summed E-state index contributed by atoms with van der Waals surface area (Å²) in [5, 5.41) is 0.658. The molecule has 0 bridgehead atoms. The molecule has 0 spiro atoms.